The molecule has 0 spiro atoms. The van der Waals surface area contributed by atoms with E-state index in [1.54, 1.807) is 24.1 Å². The molecule has 0 amide bonds. The van der Waals surface area contributed by atoms with E-state index in [-0.39, 0.29) is 17.8 Å². The van der Waals surface area contributed by atoms with E-state index in [1.165, 1.54) is 0 Å². The van der Waals surface area contributed by atoms with Gasteiger partial charge in [0.2, 0.25) is 0 Å². The number of piperazine rings is 1. The van der Waals surface area contributed by atoms with Crippen LogP contribution in [0.25, 0.3) is 27.8 Å². The number of rotatable bonds is 6. The molecule has 8 nitrogen and oxygen atoms in total. The maximum absolute atomic E-state index is 16.3. The number of halogens is 1. The highest BCUT2D eigenvalue weighted by molar-refractivity contribution is 5.94. The summed E-state index contributed by atoms with van der Waals surface area (Å²) in [7, 11) is 1.72. The van der Waals surface area contributed by atoms with Crippen molar-refractivity contribution in [1.29, 1.82) is 0 Å². The lowest BCUT2D eigenvalue weighted by Gasteiger charge is -2.40. The second-order valence-corrected chi connectivity index (χ2v) is 9.91. The monoisotopic (exact) mass is 479 g/mol. The van der Waals surface area contributed by atoms with Gasteiger partial charge in [0.1, 0.15) is 6.33 Å². The number of aromatic amines is 1. The van der Waals surface area contributed by atoms with Crippen LogP contribution in [0.3, 0.4) is 0 Å². The fraction of sp³-hybridized carbons (Fsp3) is 0.500. The van der Waals surface area contributed by atoms with Crippen molar-refractivity contribution in [2.45, 2.75) is 46.6 Å². The van der Waals surface area contributed by atoms with Gasteiger partial charge in [-0.3, -0.25) is 4.90 Å². The molecular weight excluding hydrogens is 445 g/mol. The minimum Gasteiger partial charge on any atom is -0.383 e. The molecule has 0 unspecified atom stereocenters. The van der Waals surface area contributed by atoms with Gasteiger partial charge in [-0.15, -0.1) is 0 Å². The average Bonchev–Trinajstić information content (AvgIpc) is 3.46. The van der Waals surface area contributed by atoms with Crippen LogP contribution in [0, 0.1) is 19.7 Å². The Hall–Kier alpha value is -3.04. The minimum absolute atomic E-state index is 0.109. The normalized spacial score (nSPS) is 17.4. The Bertz CT molecular complexity index is 1380. The molecule has 186 valence electrons. The number of aryl methyl sites for hydroxylation is 1. The fourth-order valence-corrected chi connectivity index (χ4v) is 5.38. The van der Waals surface area contributed by atoms with Crippen molar-refractivity contribution in [2.24, 2.45) is 0 Å². The molecule has 1 N–H and O–H groups in total. The zero-order chi connectivity index (χ0) is 24.9. The van der Waals surface area contributed by atoms with E-state index >= 15 is 4.39 Å². The largest absolute Gasteiger partial charge is 0.383 e. The van der Waals surface area contributed by atoms with Gasteiger partial charge in [0, 0.05) is 56.5 Å². The summed E-state index contributed by atoms with van der Waals surface area (Å²) in [4.78, 5) is 16.9. The summed E-state index contributed by atoms with van der Waals surface area (Å²) in [5.41, 5.74) is 6.61. The Labute approximate surface area is 205 Å². The zero-order valence-corrected chi connectivity index (χ0v) is 21.4. The Morgan fingerprint density at radius 1 is 1.20 bits per heavy atom. The second kappa shape index (κ2) is 9.20. The lowest BCUT2D eigenvalue weighted by atomic mass is 9.94. The van der Waals surface area contributed by atoms with Crippen molar-refractivity contribution < 1.29 is 9.13 Å². The van der Waals surface area contributed by atoms with Crippen LogP contribution in [0.1, 0.15) is 43.4 Å². The van der Waals surface area contributed by atoms with E-state index in [0.717, 1.165) is 59.8 Å². The van der Waals surface area contributed by atoms with Crippen LogP contribution < -0.4 is 4.90 Å². The smallest absolute Gasteiger partial charge is 0.175 e. The quantitative estimate of drug-likeness (QED) is 0.444. The Morgan fingerprint density at radius 3 is 2.71 bits per heavy atom. The van der Waals surface area contributed by atoms with Gasteiger partial charge in [0.05, 0.1) is 24.0 Å². The number of nitrogens with one attached hydrogen (secondary N) is 1. The molecule has 1 atom stereocenters. The van der Waals surface area contributed by atoms with Crippen LogP contribution in [-0.2, 0) is 4.74 Å². The number of hydrogen-bond acceptors (Lipinski definition) is 6. The molecule has 0 aliphatic carbocycles. The average molecular weight is 480 g/mol. The Kier molecular flexibility index (Phi) is 6.23. The number of nitrogens with zero attached hydrogens (tertiary/aromatic N) is 6. The van der Waals surface area contributed by atoms with Crippen molar-refractivity contribution in [2.75, 3.05) is 44.8 Å². The van der Waals surface area contributed by atoms with Crippen molar-refractivity contribution in [3.63, 3.8) is 0 Å². The standard InChI is InChI=1S/C26H34FN7O/c1-15(2)21-22-20(31-24(21)19-13-34-25(29-14-30-34)18(5)17(19)4)11-28-26(23(22)27)33-8-7-32(9-10-35-6)12-16(33)3/h11,13-16,31H,7-10,12H2,1-6H3/t16-/m1/s1. The maximum atomic E-state index is 16.3. The summed E-state index contributed by atoms with van der Waals surface area (Å²) in [5.74, 6) is 0.295. The van der Waals surface area contributed by atoms with Gasteiger partial charge in [0.25, 0.3) is 0 Å². The van der Waals surface area contributed by atoms with Gasteiger partial charge in [-0.25, -0.2) is 18.9 Å². The fourth-order valence-electron chi connectivity index (χ4n) is 5.38. The van der Waals surface area contributed by atoms with Gasteiger partial charge in [-0.2, -0.15) is 5.10 Å². The number of anilines is 1. The van der Waals surface area contributed by atoms with Crippen LogP contribution in [0.5, 0.6) is 0 Å². The molecule has 1 aliphatic rings. The van der Waals surface area contributed by atoms with Gasteiger partial charge >= 0.3 is 0 Å². The molecule has 4 aromatic rings. The topological polar surface area (TPSA) is 74.6 Å². The summed E-state index contributed by atoms with van der Waals surface area (Å²) >= 11 is 0. The van der Waals surface area contributed by atoms with Gasteiger partial charge in [-0.1, -0.05) is 13.8 Å². The molecule has 1 saturated heterocycles. The first-order chi connectivity index (χ1) is 16.8. The van der Waals surface area contributed by atoms with Crippen LogP contribution >= 0.6 is 0 Å². The van der Waals surface area contributed by atoms with Crippen molar-refractivity contribution in [3.05, 3.63) is 41.2 Å². The number of pyridine rings is 2. The van der Waals surface area contributed by atoms with Gasteiger partial charge < -0.3 is 14.6 Å². The number of hydrogen-bond donors (Lipinski definition) is 1. The first-order valence-corrected chi connectivity index (χ1v) is 12.3. The number of H-pyrrole nitrogens is 1. The SMILES string of the molecule is COCCN1CCN(c2ncc3[nH]c(-c4cn5ncnc5c(C)c4C)c(C(C)C)c3c2F)[C@H](C)C1. The third-order valence-corrected chi connectivity index (χ3v) is 7.37. The van der Waals surface area contributed by atoms with Crippen LogP contribution in [0.2, 0.25) is 0 Å². The number of fused-ring (bicyclic) bond motifs is 2. The molecule has 5 rings (SSSR count). The molecule has 5 heterocycles. The number of aromatic nitrogens is 5. The molecule has 0 bridgehead atoms. The molecule has 1 fully saturated rings. The highest BCUT2D eigenvalue weighted by Crippen LogP contribution is 2.40. The predicted molar refractivity (Wildman–Crippen MR) is 137 cm³/mol. The molecule has 1 aliphatic heterocycles. The predicted octanol–water partition coefficient (Wildman–Crippen LogP) is 4.31. The van der Waals surface area contributed by atoms with Gasteiger partial charge in [0.15, 0.2) is 17.3 Å². The van der Waals surface area contributed by atoms with E-state index in [9.17, 15) is 0 Å². The Morgan fingerprint density at radius 2 is 2.00 bits per heavy atom. The molecule has 0 saturated carbocycles. The van der Waals surface area contributed by atoms with Crippen LogP contribution in [0.15, 0.2) is 18.7 Å². The zero-order valence-electron chi connectivity index (χ0n) is 21.4. The lowest BCUT2D eigenvalue weighted by Crippen LogP contribution is -2.53. The third-order valence-electron chi connectivity index (χ3n) is 7.37. The van der Waals surface area contributed by atoms with Crippen LogP contribution in [-0.4, -0.2) is 75.4 Å². The third kappa shape index (κ3) is 3.96. The Balaban J connectivity index is 1.61. The second-order valence-electron chi connectivity index (χ2n) is 9.91. The van der Waals surface area contributed by atoms with E-state index in [1.807, 2.05) is 6.20 Å². The van der Waals surface area contributed by atoms with E-state index in [4.69, 9.17) is 4.74 Å². The molecule has 9 heteroatoms. The van der Waals surface area contributed by atoms with Gasteiger partial charge in [-0.05, 0) is 43.4 Å². The first kappa shape index (κ1) is 23.7. The summed E-state index contributed by atoms with van der Waals surface area (Å²) in [6.07, 6.45) is 5.32. The molecule has 4 aromatic heterocycles. The van der Waals surface area contributed by atoms with Crippen molar-refractivity contribution in [1.82, 2.24) is 29.5 Å². The van der Waals surface area contributed by atoms with Crippen molar-refractivity contribution in [3.8, 4) is 11.3 Å². The number of methoxy groups -OCH3 is 1. The van der Waals surface area contributed by atoms with E-state index in [0.29, 0.717) is 23.3 Å². The summed E-state index contributed by atoms with van der Waals surface area (Å²) in [6.45, 7) is 14.5. The first-order valence-electron chi connectivity index (χ1n) is 12.3. The number of ether oxygens (including phenoxy) is 1. The maximum Gasteiger partial charge on any atom is 0.175 e. The minimum atomic E-state index is -0.248. The summed E-state index contributed by atoms with van der Waals surface area (Å²) in [6, 6.07) is 0.153. The van der Waals surface area contributed by atoms with Crippen molar-refractivity contribution >= 4 is 22.4 Å². The molecule has 35 heavy (non-hydrogen) atoms. The highest BCUT2D eigenvalue weighted by Gasteiger charge is 2.30. The summed E-state index contributed by atoms with van der Waals surface area (Å²) < 4.78 is 23.3. The lowest BCUT2D eigenvalue weighted by molar-refractivity contribution is 0.135. The van der Waals surface area contributed by atoms with E-state index < -0.39 is 0 Å². The highest BCUT2D eigenvalue weighted by atomic mass is 19.1. The molecule has 0 aromatic carbocycles. The molecular formula is C26H34FN7O. The van der Waals surface area contributed by atoms with E-state index in [2.05, 4.69) is 64.5 Å². The summed E-state index contributed by atoms with van der Waals surface area (Å²) in [5, 5.41) is 4.98. The van der Waals surface area contributed by atoms with Crippen LogP contribution in [0.4, 0.5) is 10.2 Å². The molecule has 0 radical (unpaired) electrons.